The molecule has 0 bridgehead atoms. The molecule has 0 radical (unpaired) electrons. The highest BCUT2D eigenvalue weighted by atomic mass is 14.1. The van der Waals surface area contributed by atoms with Crippen molar-refractivity contribution in [2.45, 2.75) is 95.9 Å². The van der Waals surface area contributed by atoms with Crippen molar-refractivity contribution in [1.82, 2.24) is 0 Å². The summed E-state index contributed by atoms with van der Waals surface area (Å²) in [6.07, 6.45) is 2.59. The molecule has 0 atom stereocenters. The molecule has 0 saturated heterocycles. The Morgan fingerprint density at radius 1 is 0.533 bits per heavy atom. The van der Waals surface area contributed by atoms with Crippen LogP contribution >= 0.6 is 0 Å². The van der Waals surface area contributed by atoms with Gasteiger partial charge in [0.2, 0.25) is 0 Å². The van der Waals surface area contributed by atoms with Crippen molar-refractivity contribution in [3.63, 3.8) is 0 Å². The fourth-order valence-electron chi connectivity index (χ4n) is 0.250. The summed E-state index contributed by atoms with van der Waals surface area (Å²) in [5.74, 6) is 0. The maximum Gasteiger partial charge on any atom is -0.0359 e. The molecule has 0 N–H and O–H groups in total. The normalized spacial score (nSPS) is 7.20. The van der Waals surface area contributed by atoms with Crippen LogP contribution < -0.4 is 0 Å². The summed E-state index contributed by atoms with van der Waals surface area (Å²) in [6.45, 7) is 25.1. The maximum atomic E-state index is 2.30. The fourth-order valence-corrected chi connectivity index (χ4v) is 0.250. The molecule has 0 spiro atoms. The van der Waals surface area contributed by atoms with Gasteiger partial charge in [0.1, 0.15) is 0 Å². The van der Waals surface area contributed by atoms with Crippen molar-refractivity contribution in [3.05, 3.63) is 0 Å². The van der Waals surface area contributed by atoms with Crippen LogP contribution in [0.5, 0.6) is 0 Å². The van der Waals surface area contributed by atoms with E-state index in [1.165, 1.54) is 12.8 Å². The first-order chi connectivity index (χ1) is 7.12. The van der Waals surface area contributed by atoms with Crippen LogP contribution in [-0.4, -0.2) is 0 Å². The molecular weight excluding hydrogens is 180 g/mol. The number of hydrogen-bond acceptors (Lipinski definition) is 0. The monoisotopic (exact) mass is 220 g/mol. The van der Waals surface area contributed by atoms with E-state index >= 15 is 0 Å². The zero-order valence-corrected chi connectivity index (χ0v) is 13.9. The van der Waals surface area contributed by atoms with Gasteiger partial charge in [0, 0.05) is 0 Å². The number of hydrogen-bond donors (Lipinski definition) is 0. The zero-order chi connectivity index (χ0) is 13.9. The third kappa shape index (κ3) is 56.0. The summed E-state index contributed by atoms with van der Waals surface area (Å²) in [5, 5.41) is 0. The lowest BCUT2D eigenvalue weighted by Crippen LogP contribution is -2.05. The molecule has 0 unspecified atom stereocenters. The van der Waals surface area contributed by atoms with E-state index in [0.717, 1.165) is 0 Å². The molecule has 100 valence electrons. The van der Waals surface area contributed by atoms with Crippen molar-refractivity contribution in [1.29, 1.82) is 0 Å². The molecule has 15 heavy (non-hydrogen) atoms. The van der Waals surface area contributed by atoms with Gasteiger partial charge in [-0.15, -0.1) is 0 Å². The fraction of sp³-hybridized carbons (Fsp3) is 1.00. The van der Waals surface area contributed by atoms with Gasteiger partial charge in [-0.3, -0.25) is 0 Å². The van der Waals surface area contributed by atoms with E-state index in [2.05, 4.69) is 27.7 Å². The average Bonchev–Trinajstić information content (AvgIpc) is 2.39. The Kier molecular flexibility index (Phi) is 72.5. The first-order valence-corrected chi connectivity index (χ1v) is 7.12. The molecule has 0 heteroatoms. The zero-order valence-electron chi connectivity index (χ0n) is 13.9. The van der Waals surface area contributed by atoms with Crippen molar-refractivity contribution in [2.24, 2.45) is 5.41 Å². The second-order valence-electron chi connectivity index (χ2n) is 2.87. The molecule has 0 rings (SSSR count). The molecule has 0 aliphatic rings. The molecule has 0 heterocycles. The summed E-state index contributed by atoms with van der Waals surface area (Å²) in [6, 6.07) is 0. The molecule has 0 aromatic rings. The topological polar surface area (TPSA) is 0 Å². The van der Waals surface area contributed by atoms with E-state index in [4.69, 9.17) is 0 Å². The third-order valence-corrected chi connectivity index (χ3v) is 1.91. The molecule has 0 aliphatic carbocycles. The SMILES string of the molecule is CC.CC.CC.CC.CCC(C)(C)CC. The summed E-state index contributed by atoms with van der Waals surface area (Å²) >= 11 is 0. The Morgan fingerprint density at radius 3 is 0.667 bits per heavy atom. The summed E-state index contributed by atoms with van der Waals surface area (Å²) in [4.78, 5) is 0. The maximum absolute atomic E-state index is 2.30. The van der Waals surface area contributed by atoms with Gasteiger partial charge < -0.3 is 0 Å². The van der Waals surface area contributed by atoms with Gasteiger partial charge >= 0.3 is 0 Å². The van der Waals surface area contributed by atoms with Crippen LogP contribution in [0.1, 0.15) is 95.9 Å². The minimum Gasteiger partial charge on any atom is -0.0683 e. The van der Waals surface area contributed by atoms with Crippen LogP contribution in [0.25, 0.3) is 0 Å². The lowest BCUT2D eigenvalue weighted by atomic mass is 9.88. The molecular formula is C15H40. The Labute approximate surface area is 102 Å². The van der Waals surface area contributed by atoms with Crippen molar-refractivity contribution >= 4 is 0 Å². The van der Waals surface area contributed by atoms with Crippen molar-refractivity contribution in [3.8, 4) is 0 Å². The van der Waals surface area contributed by atoms with Gasteiger partial charge in [-0.2, -0.15) is 0 Å². The first kappa shape index (κ1) is 29.4. The van der Waals surface area contributed by atoms with Crippen LogP contribution in [0.3, 0.4) is 0 Å². The lowest BCUT2D eigenvalue weighted by Gasteiger charge is -2.18. The summed E-state index contributed by atoms with van der Waals surface area (Å²) in [7, 11) is 0. The van der Waals surface area contributed by atoms with E-state index in [0.29, 0.717) is 5.41 Å². The summed E-state index contributed by atoms with van der Waals surface area (Å²) in [5.41, 5.74) is 0.583. The highest BCUT2D eigenvalue weighted by Crippen LogP contribution is 2.22. The van der Waals surface area contributed by atoms with E-state index in [-0.39, 0.29) is 0 Å². The Hall–Kier alpha value is 0. The van der Waals surface area contributed by atoms with Crippen LogP contribution in [0.15, 0.2) is 0 Å². The van der Waals surface area contributed by atoms with E-state index in [1.54, 1.807) is 0 Å². The van der Waals surface area contributed by atoms with Gasteiger partial charge in [0.25, 0.3) is 0 Å². The van der Waals surface area contributed by atoms with Crippen LogP contribution in [0, 0.1) is 5.41 Å². The van der Waals surface area contributed by atoms with E-state index in [9.17, 15) is 0 Å². The molecule has 0 aliphatic heterocycles. The van der Waals surface area contributed by atoms with Crippen LogP contribution in [0.4, 0.5) is 0 Å². The second kappa shape index (κ2) is 37.0. The van der Waals surface area contributed by atoms with Gasteiger partial charge in [0.05, 0.1) is 0 Å². The molecule has 0 aromatic heterocycles. The van der Waals surface area contributed by atoms with E-state index < -0.39 is 0 Å². The minimum atomic E-state index is 0.583. The third-order valence-electron chi connectivity index (χ3n) is 1.91. The van der Waals surface area contributed by atoms with Crippen LogP contribution in [0.2, 0.25) is 0 Å². The van der Waals surface area contributed by atoms with Crippen molar-refractivity contribution < 1.29 is 0 Å². The Bertz CT molecular complexity index is 38.0. The second-order valence-corrected chi connectivity index (χ2v) is 2.87. The van der Waals surface area contributed by atoms with Gasteiger partial charge in [-0.05, 0) is 5.41 Å². The lowest BCUT2D eigenvalue weighted by molar-refractivity contribution is 0.338. The smallest absolute Gasteiger partial charge is 0.0359 e. The number of rotatable bonds is 2. The van der Waals surface area contributed by atoms with Gasteiger partial charge in [-0.25, -0.2) is 0 Å². The largest absolute Gasteiger partial charge is 0.0683 e. The standard InChI is InChI=1S/C7H16.4C2H6/c1-5-7(3,4)6-2;4*1-2/h5-6H2,1-4H3;4*1-2H3. The molecule has 0 nitrogen and oxygen atoms in total. The molecule has 0 fully saturated rings. The minimum absolute atomic E-state index is 0.583. The van der Waals surface area contributed by atoms with E-state index in [1.807, 2.05) is 55.4 Å². The average molecular weight is 220 g/mol. The van der Waals surface area contributed by atoms with Gasteiger partial charge in [-0.1, -0.05) is 95.9 Å². The highest BCUT2D eigenvalue weighted by molar-refractivity contribution is 4.61. The van der Waals surface area contributed by atoms with Crippen LogP contribution in [-0.2, 0) is 0 Å². The summed E-state index contributed by atoms with van der Waals surface area (Å²) < 4.78 is 0. The first-order valence-electron chi connectivity index (χ1n) is 7.12. The highest BCUT2D eigenvalue weighted by Gasteiger charge is 2.09. The predicted octanol–water partition coefficient (Wildman–Crippen LogP) is 6.94. The van der Waals surface area contributed by atoms with Crippen molar-refractivity contribution in [2.75, 3.05) is 0 Å². The molecule has 0 amide bonds. The predicted molar refractivity (Wildman–Crippen MR) is 79.8 cm³/mol. The quantitative estimate of drug-likeness (QED) is 0.473. The Balaban J connectivity index is -0.0000000353. The Morgan fingerprint density at radius 2 is 0.667 bits per heavy atom. The molecule has 0 saturated carbocycles. The molecule has 0 aromatic carbocycles. The van der Waals surface area contributed by atoms with Gasteiger partial charge in [0.15, 0.2) is 0 Å².